The monoisotopic (exact) mass is 388 g/mol. The summed E-state index contributed by atoms with van der Waals surface area (Å²) in [5.41, 5.74) is 2.43. The van der Waals surface area contributed by atoms with E-state index in [1.165, 1.54) is 0 Å². The molecule has 1 aliphatic heterocycles. The maximum atomic E-state index is 12.7. The minimum atomic E-state index is -0.233. The Hall–Kier alpha value is -2.08. The van der Waals surface area contributed by atoms with Gasteiger partial charge in [-0.15, -0.1) is 0 Å². The van der Waals surface area contributed by atoms with Gasteiger partial charge in [0.15, 0.2) is 5.58 Å². The Labute approximate surface area is 159 Å². The molecule has 1 N–H and O–H groups in total. The first kappa shape index (κ1) is 16.1. The third-order valence-corrected chi connectivity index (χ3v) is 5.62. The summed E-state index contributed by atoms with van der Waals surface area (Å²) in [5.74, 6) is 0.842. The van der Waals surface area contributed by atoms with Gasteiger partial charge >= 0.3 is 0 Å². The summed E-state index contributed by atoms with van der Waals surface area (Å²) in [5, 5.41) is 10.6. The molecule has 1 aliphatic carbocycles. The van der Waals surface area contributed by atoms with Gasteiger partial charge in [0, 0.05) is 46.1 Å². The number of aliphatic hydroxyl groups excluding tert-OH is 1. The molecule has 2 aliphatic rings. The number of nitrogens with zero attached hydrogens (tertiary/aromatic N) is 2. The molecule has 0 bridgehead atoms. The quantitative estimate of drug-likeness (QED) is 0.723. The molecule has 3 aromatic rings. The Bertz CT molecular complexity index is 1020. The van der Waals surface area contributed by atoms with Crippen molar-refractivity contribution in [2.75, 3.05) is 13.1 Å². The number of carbonyl (C=O) groups is 1. The minimum absolute atomic E-state index is 0.0462. The van der Waals surface area contributed by atoms with Crippen LogP contribution in [0.5, 0.6) is 0 Å². The summed E-state index contributed by atoms with van der Waals surface area (Å²) in [7, 11) is 0. The number of halogens is 2. The topological polar surface area (TPSA) is 66.6 Å². The average molecular weight is 389 g/mol. The molecule has 132 valence electrons. The summed E-state index contributed by atoms with van der Waals surface area (Å²) >= 11 is 12.1. The zero-order valence-corrected chi connectivity index (χ0v) is 15.0. The van der Waals surface area contributed by atoms with Crippen LogP contribution in [-0.2, 0) is 0 Å². The zero-order chi connectivity index (χ0) is 18.0. The first-order chi connectivity index (χ1) is 12.5. The molecule has 1 amide bonds. The molecule has 1 aromatic heterocycles. The third kappa shape index (κ3) is 2.58. The van der Waals surface area contributed by atoms with E-state index in [0.29, 0.717) is 51.3 Å². The minimum Gasteiger partial charge on any atom is -0.436 e. The molecule has 2 heterocycles. The van der Waals surface area contributed by atoms with Gasteiger partial charge in [-0.3, -0.25) is 4.79 Å². The number of rotatable bonds is 2. The van der Waals surface area contributed by atoms with Crippen LogP contribution in [0.25, 0.3) is 22.6 Å². The first-order valence-electron chi connectivity index (χ1n) is 8.34. The smallest absolute Gasteiger partial charge is 0.254 e. The number of likely N-dealkylation sites (tertiary alicyclic amines) is 1. The molecule has 1 saturated heterocycles. The van der Waals surface area contributed by atoms with Crippen molar-refractivity contribution in [1.82, 2.24) is 9.88 Å². The Morgan fingerprint density at radius 3 is 2.50 bits per heavy atom. The number of hydrogen-bond acceptors (Lipinski definition) is 4. The molecule has 26 heavy (non-hydrogen) atoms. The number of hydrogen-bond donors (Lipinski definition) is 1. The predicted octanol–water partition coefficient (Wildman–Crippen LogP) is 3.86. The number of benzene rings is 2. The second kappa shape index (κ2) is 5.71. The van der Waals surface area contributed by atoms with Crippen molar-refractivity contribution in [1.29, 1.82) is 0 Å². The predicted molar refractivity (Wildman–Crippen MR) is 98.4 cm³/mol. The van der Waals surface area contributed by atoms with Crippen LogP contribution < -0.4 is 0 Å². The standard InChI is InChI=1S/C19H14Cl2N2O3/c20-11-3-10(4-12(21)6-11)18-22-15-2-1-9(5-16(15)26-18)19(25)23-7-13-14(8-23)17(13)24/h1-6,13-14,17,24H,7-8H2/t13-,14+,17+. The normalized spacial score (nSPS) is 24.1. The fraction of sp³-hybridized carbons (Fsp3) is 0.263. The molecule has 5 nitrogen and oxygen atoms in total. The van der Waals surface area contributed by atoms with Crippen LogP contribution in [0.15, 0.2) is 40.8 Å². The fourth-order valence-electron chi connectivity index (χ4n) is 3.70. The van der Waals surface area contributed by atoms with Gasteiger partial charge in [0.05, 0.1) is 6.10 Å². The highest BCUT2D eigenvalue weighted by Gasteiger charge is 2.56. The summed E-state index contributed by atoms with van der Waals surface area (Å²) in [6.45, 7) is 1.23. The molecule has 0 radical (unpaired) electrons. The van der Waals surface area contributed by atoms with Gasteiger partial charge in [-0.1, -0.05) is 23.2 Å². The molecule has 0 spiro atoms. The van der Waals surface area contributed by atoms with Crippen molar-refractivity contribution in [2.45, 2.75) is 6.10 Å². The van der Waals surface area contributed by atoms with Crippen LogP contribution in [0.2, 0.25) is 10.0 Å². The largest absolute Gasteiger partial charge is 0.436 e. The lowest BCUT2D eigenvalue weighted by Gasteiger charge is -2.18. The molecule has 7 heteroatoms. The maximum Gasteiger partial charge on any atom is 0.254 e. The Balaban J connectivity index is 1.45. The van der Waals surface area contributed by atoms with Crippen molar-refractivity contribution in [3.8, 4) is 11.5 Å². The number of amides is 1. The molecule has 1 saturated carbocycles. The van der Waals surface area contributed by atoms with Crippen LogP contribution in [0.4, 0.5) is 0 Å². The maximum absolute atomic E-state index is 12.7. The van der Waals surface area contributed by atoms with E-state index < -0.39 is 0 Å². The summed E-state index contributed by atoms with van der Waals surface area (Å²) < 4.78 is 5.83. The molecular formula is C19H14Cl2N2O3. The van der Waals surface area contributed by atoms with E-state index in [9.17, 15) is 9.90 Å². The number of aliphatic hydroxyl groups is 1. The molecular weight excluding hydrogens is 375 g/mol. The van der Waals surface area contributed by atoms with Crippen molar-refractivity contribution in [3.05, 3.63) is 52.0 Å². The van der Waals surface area contributed by atoms with Gasteiger partial charge in [-0.25, -0.2) is 4.98 Å². The number of piperidine rings is 1. The molecule has 0 unspecified atom stereocenters. The van der Waals surface area contributed by atoms with Crippen molar-refractivity contribution in [3.63, 3.8) is 0 Å². The lowest BCUT2D eigenvalue weighted by Crippen LogP contribution is -2.32. The average Bonchev–Trinajstić information content (AvgIpc) is 3.01. The Morgan fingerprint density at radius 1 is 1.12 bits per heavy atom. The lowest BCUT2D eigenvalue weighted by atomic mass is 10.2. The highest BCUT2D eigenvalue weighted by atomic mass is 35.5. The second-order valence-corrected chi connectivity index (χ2v) is 7.76. The van der Waals surface area contributed by atoms with Crippen LogP contribution in [-0.4, -0.2) is 40.1 Å². The highest BCUT2D eigenvalue weighted by Crippen LogP contribution is 2.45. The third-order valence-electron chi connectivity index (χ3n) is 5.18. The van der Waals surface area contributed by atoms with Gasteiger partial charge in [-0.2, -0.15) is 0 Å². The van der Waals surface area contributed by atoms with Gasteiger partial charge in [0.25, 0.3) is 5.91 Å². The van der Waals surface area contributed by atoms with Crippen LogP contribution in [0.3, 0.4) is 0 Å². The van der Waals surface area contributed by atoms with E-state index in [2.05, 4.69) is 4.98 Å². The molecule has 3 atom stereocenters. The van der Waals surface area contributed by atoms with Crippen LogP contribution in [0.1, 0.15) is 10.4 Å². The first-order valence-corrected chi connectivity index (χ1v) is 9.09. The summed E-state index contributed by atoms with van der Waals surface area (Å²) in [6.07, 6.45) is -0.233. The van der Waals surface area contributed by atoms with Gasteiger partial charge < -0.3 is 14.4 Å². The van der Waals surface area contributed by atoms with Gasteiger partial charge in [-0.05, 0) is 36.4 Å². The Kier molecular flexibility index (Phi) is 3.54. The van der Waals surface area contributed by atoms with Crippen molar-refractivity contribution < 1.29 is 14.3 Å². The second-order valence-electron chi connectivity index (χ2n) is 6.89. The number of carbonyl (C=O) groups excluding carboxylic acids is 1. The SMILES string of the molecule is O=C(c1ccc2nc(-c3cc(Cl)cc(Cl)c3)oc2c1)N1C[C@@H]2[C@@H](O)[C@@H]2C1. The van der Waals surface area contributed by atoms with E-state index in [-0.39, 0.29) is 23.8 Å². The number of fused-ring (bicyclic) bond motifs is 2. The molecule has 2 fully saturated rings. The number of aromatic nitrogens is 1. The van der Waals surface area contributed by atoms with Crippen LogP contribution >= 0.6 is 23.2 Å². The van der Waals surface area contributed by atoms with Crippen LogP contribution in [0, 0.1) is 11.8 Å². The molecule has 2 aromatic carbocycles. The van der Waals surface area contributed by atoms with E-state index in [1.807, 2.05) is 0 Å². The van der Waals surface area contributed by atoms with E-state index in [4.69, 9.17) is 27.6 Å². The Morgan fingerprint density at radius 2 is 1.81 bits per heavy atom. The van der Waals surface area contributed by atoms with Crippen molar-refractivity contribution in [2.24, 2.45) is 11.8 Å². The summed E-state index contributed by atoms with van der Waals surface area (Å²) in [4.78, 5) is 18.9. The van der Waals surface area contributed by atoms with Crippen molar-refractivity contribution >= 4 is 40.2 Å². The summed E-state index contributed by atoms with van der Waals surface area (Å²) in [6, 6.07) is 10.3. The molecule has 5 rings (SSSR count). The van der Waals surface area contributed by atoms with Gasteiger partial charge in [0.2, 0.25) is 5.89 Å². The van der Waals surface area contributed by atoms with E-state index >= 15 is 0 Å². The van der Waals surface area contributed by atoms with E-state index in [0.717, 1.165) is 0 Å². The highest BCUT2D eigenvalue weighted by molar-refractivity contribution is 6.35. The van der Waals surface area contributed by atoms with E-state index in [1.54, 1.807) is 41.3 Å². The lowest BCUT2D eigenvalue weighted by molar-refractivity contribution is 0.0746. The number of oxazole rings is 1. The fourth-order valence-corrected chi connectivity index (χ4v) is 4.23. The van der Waals surface area contributed by atoms with Gasteiger partial charge in [0.1, 0.15) is 5.52 Å². The zero-order valence-electron chi connectivity index (χ0n) is 13.5.